The SMILES string of the molecule is Cc1cc(C(=O)NC(C)CCCl)c(C)nn1. The molecule has 16 heavy (non-hydrogen) atoms. The Hall–Kier alpha value is -1.16. The van der Waals surface area contributed by atoms with E-state index in [2.05, 4.69) is 15.5 Å². The van der Waals surface area contributed by atoms with Gasteiger partial charge in [-0.3, -0.25) is 4.79 Å². The summed E-state index contributed by atoms with van der Waals surface area (Å²) in [4.78, 5) is 11.9. The summed E-state index contributed by atoms with van der Waals surface area (Å²) in [6.45, 7) is 5.51. The molecule has 0 spiro atoms. The molecule has 1 amide bonds. The number of aromatic nitrogens is 2. The highest BCUT2D eigenvalue weighted by Crippen LogP contribution is 2.06. The van der Waals surface area contributed by atoms with Gasteiger partial charge in [0, 0.05) is 11.9 Å². The fourth-order valence-corrected chi connectivity index (χ4v) is 1.64. The van der Waals surface area contributed by atoms with Crippen molar-refractivity contribution in [1.82, 2.24) is 15.5 Å². The Kier molecular flexibility index (Phi) is 4.68. The van der Waals surface area contributed by atoms with Gasteiger partial charge in [0.15, 0.2) is 0 Å². The summed E-state index contributed by atoms with van der Waals surface area (Å²) in [6.07, 6.45) is 0.754. The topological polar surface area (TPSA) is 54.9 Å². The molecule has 0 bridgehead atoms. The molecular weight excluding hydrogens is 226 g/mol. The first-order valence-electron chi connectivity index (χ1n) is 5.22. The Balaban J connectivity index is 2.76. The van der Waals surface area contributed by atoms with Crippen molar-refractivity contribution in [2.45, 2.75) is 33.2 Å². The second-order valence-electron chi connectivity index (χ2n) is 3.84. The zero-order chi connectivity index (χ0) is 12.1. The highest BCUT2D eigenvalue weighted by molar-refractivity contribution is 6.17. The van der Waals surface area contributed by atoms with Crippen LogP contribution in [0.2, 0.25) is 0 Å². The number of hydrogen-bond donors (Lipinski definition) is 1. The Bertz CT molecular complexity index is 381. The van der Waals surface area contributed by atoms with Gasteiger partial charge in [-0.25, -0.2) is 0 Å². The molecule has 1 N–H and O–H groups in total. The largest absolute Gasteiger partial charge is 0.349 e. The van der Waals surface area contributed by atoms with Gasteiger partial charge >= 0.3 is 0 Å². The maximum Gasteiger partial charge on any atom is 0.253 e. The van der Waals surface area contributed by atoms with Gasteiger partial charge in [0.1, 0.15) is 0 Å². The van der Waals surface area contributed by atoms with Crippen LogP contribution >= 0.6 is 11.6 Å². The van der Waals surface area contributed by atoms with E-state index in [4.69, 9.17) is 11.6 Å². The molecule has 1 unspecified atom stereocenters. The fraction of sp³-hybridized carbons (Fsp3) is 0.545. The third-order valence-corrected chi connectivity index (χ3v) is 2.48. The van der Waals surface area contributed by atoms with Gasteiger partial charge in [0.05, 0.1) is 17.0 Å². The normalized spacial score (nSPS) is 12.2. The lowest BCUT2D eigenvalue weighted by molar-refractivity contribution is 0.0938. The van der Waals surface area contributed by atoms with E-state index in [1.165, 1.54) is 0 Å². The minimum atomic E-state index is -0.117. The Morgan fingerprint density at radius 2 is 2.19 bits per heavy atom. The summed E-state index contributed by atoms with van der Waals surface area (Å²) in [5.41, 5.74) is 1.95. The van der Waals surface area contributed by atoms with Crippen molar-refractivity contribution in [2.75, 3.05) is 5.88 Å². The lowest BCUT2D eigenvalue weighted by atomic mass is 10.1. The van der Waals surface area contributed by atoms with Crippen LogP contribution in [0.3, 0.4) is 0 Å². The third-order valence-electron chi connectivity index (χ3n) is 2.26. The molecule has 1 heterocycles. The van der Waals surface area contributed by atoms with Crippen LogP contribution in [-0.2, 0) is 0 Å². The molecule has 0 aromatic carbocycles. The summed E-state index contributed by atoms with van der Waals surface area (Å²) in [6, 6.07) is 1.81. The Morgan fingerprint density at radius 3 is 2.81 bits per heavy atom. The van der Waals surface area contributed by atoms with Crippen molar-refractivity contribution in [2.24, 2.45) is 0 Å². The second kappa shape index (κ2) is 5.80. The predicted molar refractivity (Wildman–Crippen MR) is 63.8 cm³/mol. The molecule has 1 aromatic rings. The molecule has 0 aliphatic carbocycles. The smallest absolute Gasteiger partial charge is 0.253 e. The van der Waals surface area contributed by atoms with Crippen LogP contribution < -0.4 is 5.32 Å². The maximum absolute atomic E-state index is 11.9. The van der Waals surface area contributed by atoms with Crippen LogP contribution in [0, 0.1) is 13.8 Å². The molecular formula is C11H16ClN3O. The number of carbonyl (C=O) groups is 1. The maximum atomic E-state index is 11.9. The minimum Gasteiger partial charge on any atom is -0.349 e. The van der Waals surface area contributed by atoms with Gasteiger partial charge in [-0.05, 0) is 33.3 Å². The van der Waals surface area contributed by atoms with Crippen LogP contribution in [0.15, 0.2) is 6.07 Å². The van der Waals surface area contributed by atoms with Crippen LogP contribution in [-0.4, -0.2) is 28.0 Å². The summed E-state index contributed by atoms with van der Waals surface area (Å²) >= 11 is 5.61. The number of aryl methyl sites for hydroxylation is 2. The van der Waals surface area contributed by atoms with Crippen molar-refractivity contribution in [1.29, 1.82) is 0 Å². The van der Waals surface area contributed by atoms with Crippen LogP contribution in [0.1, 0.15) is 35.1 Å². The van der Waals surface area contributed by atoms with Crippen molar-refractivity contribution >= 4 is 17.5 Å². The van der Waals surface area contributed by atoms with Crippen LogP contribution in [0.4, 0.5) is 0 Å². The monoisotopic (exact) mass is 241 g/mol. The lowest BCUT2D eigenvalue weighted by Crippen LogP contribution is -2.33. The molecule has 0 radical (unpaired) electrons. The molecule has 5 heteroatoms. The first kappa shape index (κ1) is 12.9. The average molecular weight is 242 g/mol. The summed E-state index contributed by atoms with van der Waals surface area (Å²) in [7, 11) is 0. The summed E-state index contributed by atoms with van der Waals surface area (Å²) in [5.74, 6) is 0.418. The van der Waals surface area contributed by atoms with Gasteiger partial charge < -0.3 is 5.32 Å². The number of alkyl halides is 1. The van der Waals surface area contributed by atoms with E-state index in [0.29, 0.717) is 17.1 Å². The van der Waals surface area contributed by atoms with E-state index in [1.54, 1.807) is 13.0 Å². The number of hydrogen-bond acceptors (Lipinski definition) is 3. The molecule has 0 fully saturated rings. The van der Waals surface area contributed by atoms with E-state index >= 15 is 0 Å². The highest BCUT2D eigenvalue weighted by Gasteiger charge is 2.13. The number of rotatable bonds is 4. The van der Waals surface area contributed by atoms with Crippen molar-refractivity contribution in [3.63, 3.8) is 0 Å². The predicted octanol–water partition coefficient (Wildman–Crippen LogP) is 1.84. The van der Waals surface area contributed by atoms with Gasteiger partial charge in [0.2, 0.25) is 0 Å². The minimum absolute atomic E-state index is 0.0675. The van der Waals surface area contributed by atoms with Crippen molar-refractivity contribution in [3.05, 3.63) is 23.0 Å². The van der Waals surface area contributed by atoms with E-state index in [9.17, 15) is 4.79 Å². The molecule has 4 nitrogen and oxygen atoms in total. The van der Waals surface area contributed by atoms with Gasteiger partial charge in [0.25, 0.3) is 5.91 Å². The van der Waals surface area contributed by atoms with Gasteiger partial charge in [-0.2, -0.15) is 10.2 Å². The van der Waals surface area contributed by atoms with Gasteiger partial charge in [-0.15, -0.1) is 11.6 Å². The number of nitrogens with one attached hydrogen (secondary N) is 1. The second-order valence-corrected chi connectivity index (χ2v) is 4.21. The third kappa shape index (κ3) is 3.45. The van der Waals surface area contributed by atoms with E-state index in [1.807, 2.05) is 13.8 Å². The lowest BCUT2D eigenvalue weighted by Gasteiger charge is -2.13. The highest BCUT2D eigenvalue weighted by atomic mass is 35.5. The zero-order valence-corrected chi connectivity index (χ0v) is 10.5. The first-order chi connectivity index (χ1) is 7.54. The number of nitrogens with zero attached hydrogens (tertiary/aromatic N) is 2. The Morgan fingerprint density at radius 1 is 1.50 bits per heavy atom. The molecule has 88 valence electrons. The molecule has 0 saturated carbocycles. The molecule has 1 rings (SSSR count). The van der Waals surface area contributed by atoms with Crippen LogP contribution in [0.25, 0.3) is 0 Å². The van der Waals surface area contributed by atoms with Crippen molar-refractivity contribution in [3.8, 4) is 0 Å². The van der Waals surface area contributed by atoms with Crippen LogP contribution in [0.5, 0.6) is 0 Å². The summed E-state index contributed by atoms with van der Waals surface area (Å²) < 4.78 is 0. The summed E-state index contributed by atoms with van der Waals surface area (Å²) in [5, 5.41) is 10.7. The molecule has 1 atom stereocenters. The van der Waals surface area contributed by atoms with E-state index in [-0.39, 0.29) is 11.9 Å². The number of halogens is 1. The van der Waals surface area contributed by atoms with Crippen molar-refractivity contribution < 1.29 is 4.79 Å². The fourth-order valence-electron chi connectivity index (χ4n) is 1.32. The quantitative estimate of drug-likeness (QED) is 0.819. The van der Waals surface area contributed by atoms with E-state index in [0.717, 1.165) is 12.1 Å². The van der Waals surface area contributed by atoms with Gasteiger partial charge in [-0.1, -0.05) is 0 Å². The Labute approximate surface area is 100 Å². The molecule has 0 saturated heterocycles. The molecule has 0 aliphatic heterocycles. The molecule has 0 aliphatic rings. The standard InChI is InChI=1S/C11H16ClN3O/c1-7(4-5-12)13-11(16)10-6-8(2)14-15-9(10)3/h6-7H,4-5H2,1-3H3,(H,13,16). The zero-order valence-electron chi connectivity index (χ0n) is 9.75. The number of carbonyl (C=O) groups excluding carboxylic acids is 1. The average Bonchev–Trinajstić information content (AvgIpc) is 2.21. The first-order valence-corrected chi connectivity index (χ1v) is 5.75. The molecule has 1 aromatic heterocycles. The number of amides is 1. The van der Waals surface area contributed by atoms with E-state index < -0.39 is 0 Å².